The number of hydrogen-bond acceptors (Lipinski definition) is 2. The Bertz CT molecular complexity index is 447. The molecule has 5 fully saturated rings. The van der Waals surface area contributed by atoms with E-state index in [4.69, 9.17) is 0 Å². The number of carboxylic acids is 1. The molecule has 0 saturated heterocycles. The summed E-state index contributed by atoms with van der Waals surface area (Å²) < 4.78 is 0. The number of rotatable bonds is 3. The standard InChI is InChI=1S/C18H27NO3/c20-17(14-3-1-2-4-15(14)18(21)22)19-16-12-6-10-5-11(8-12)9-13(16)7-10/h10-16H,1-9H2,(H,19,20)(H,21,22)/t10?,11?,12?,13?,14-,15+,16?/m0/s1. The first-order valence-electron chi connectivity index (χ1n) is 9.15. The molecular weight excluding hydrogens is 278 g/mol. The van der Waals surface area contributed by atoms with E-state index in [0.29, 0.717) is 24.3 Å². The molecule has 5 saturated carbocycles. The molecule has 0 unspecified atom stereocenters. The first-order valence-corrected chi connectivity index (χ1v) is 9.15. The lowest BCUT2D eigenvalue weighted by Crippen LogP contribution is -2.57. The highest BCUT2D eigenvalue weighted by Crippen LogP contribution is 2.53. The number of nitrogens with one attached hydrogen (secondary N) is 1. The molecule has 0 aliphatic heterocycles. The van der Waals surface area contributed by atoms with E-state index in [-0.39, 0.29) is 11.8 Å². The Balaban J connectivity index is 1.44. The largest absolute Gasteiger partial charge is 0.481 e. The minimum absolute atomic E-state index is 0.0320. The van der Waals surface area contributed by atoms with Crippen LogP contribution in [0.3, 0.4) is 0 Å². The monoisotopic (exact) mass is 305 g/mol. The predicted molar refractivity (Wildman–Crippen MR) is 82.1 cm³/mol. The van der Waals surface area contributed by atoms with Crippen molar-refractivity contribution in [1.29, 1.82) is 0 Å². The number of carboxylic acid groups (broad SMARTS) is 1. The molecule has 2 atom stereocenters. The van der Waals surface area contributed by atoms with Crippen LogP contribution in [-0.2, 0) is 9.59 Å². The summed E-state index contributed by atoms with van der Waals surface area (Å²) in [6.07, 6.45) is 9.89. The van der Waals surface area contributed by atoms with Gasteiger partial charge >= 0.3 is 5.97 Å². The quantitative estimate of drug-likeness (QED) is 0.842. The summed E-state index contributed by atoms with van der Waals surface area (Å²) in [4.78, 5) is 24.2. The highest BCUT2D eigenvalue weighted by atomic mass is 16.4. The first-order chi connectivity index (χ1) is 10.6. The molecule has 4 nitrogen and oxygen atoms in total. The molecular formula is C18H27NO3. The van der Waals surface area contributed by atoms with E-state index in [1.54, 1.807) is 0 Å². The second-order valence-electron chi connectivity index (χ2n) is 8.30. The summed E-state index contributed by atoms with van der Waals surface area (Å²) >= 11 is 0. The predicted octanol–water partition coefficient (Wildman–Crippen LogP) is 2.82. The number of carbonyl (C=O) groups excluding carboxylic acids is 1. The zero-order chi connectivity index (χ0) is 15.3. The average Bonchev–Trinajstić information content (AvgIpc) is 2.50. The summed E-state index contributed by atoms with van der Waals surface area (Å²) in [5, 5.41) is 12.7. The van der Waals surface area contributed by atoms with Crippen molar-refractivity contribution in [3.05, 3.63) is 0 Å². The lowest BCUT2D eigenvalue weighted by atomic mass is 9.54. The Kier molecular flexibility index (Phi) is 3.66. The summed E-state index contributed by atoms with van der Waals surface area (Å²) in [7, 11) is 0. The van der Waals surface area contributed by atoms with E-state index in [2.05, 4.69) is 5.32 Å². The van der Waals surface area contributed by atoms with Crippen molar-refractivity contribution in [1.82, 2.24) is 5.32 Å². The zero-order valence-corrected chi connectivity index (χ0v) is 13.2. The Labute approximate surface area is 132 Å². The Morgan fingerprint density at radius 2 is 1.36 bits per heavy atom. The number of aliphatic carboxylic acids is 1. The molecule has 1 amide bonds. The van der Waals surface area contributed by atoms with Crippen molar-refractivity contribution in [2.24, 2.45) is 35.5 Å². The van der Waals surface area contributed by atoms with E-state index in [1.165, 1.54) is 32.1 Å². The van der Waals surface area contributed by atoms with E-state index in [1.807, 2.05) is 0 Å². The minimum Gasteiger partial charge on any atom is -0.481 e. The molecule has 0 heterocycles. The normalized spacial score (nSPS) is 46.5. The van der Waals surface area contributed by atoms with Crippen LogP contribution in [0.2, 0.25) is 0 Å². The van der Waals surface area contributed by atoms with Gasteiger partial charge in [-0.3, -0.25) is 9.59 Å². The van der Waals surface area contributed by atoms with Gasteiger partial charge in [-0.2, -0.15) is 0 Å². The second-order valence-corrected chi connectivity index (χ2v) is 8.30. The van der Waals surface area contributed by atoms with Crippen molar-refractivity contribution in [3.8, 4) is 0 Å². The van der Waals surface area contributed by atoms with E-state index < -0.39 is 11.9 Å². The van der Waals surface area contributed by atoms with Crippen molar-refractivity contribution in [2.75, 3.05) is 0 Å². The molecule has 4 bridgehead atoms. The third-order valence-corrected chi connectivity index (χ3v) is 6.96. The molecule has 0 aromatic carbocycles. The van der Waals surface area contributed by atoms with Gasteiger partial charge in [-0.25, -0.2) is 0 Å². The highest BCUT2D eigenvalue weighted by molar-refractivity contribution is 5.85. The maximum Gasteiger partial charge on any atom is 0.307 e. The first kappa shape index (κ1) is 14.5. The molecule has 2 N–H and O–H groups in total. The van der Waals surface area contributed by atoms with Gasteiger partial charge in [-0.15, -0.1) is 0 Å². The van der Waals surface area contributed by atoms with E-state index in [0.717, 1.165) is 31.1 Å². The summed E-state index contributed by atoms with van der Waals surface area (Å²) in [6.45, 7) is 0. The van der Waals surface area contributed by atoms with Gasteiger partial charge in [0.05, 0.1) is 11.8 Å². The van der Waals surface area contributed by atoms with Gasteiger partial charge < -0.3 is 10.4 Å². The molecule has 5 aliphatic rings. The zero-order valence-electron chi connectivity index (χ0n) is 13.2. The van der Waals surface area contributed by atoms with Gasteiger partial charge in [-0.1, -0.05) is 12.8 Å². The Morgan fingerprint density at radius 1 is 0.818 bits per heavy atom. The van der Waals surface area contributed by atoms with Crippen LogP contribution in [0.15, 0.2) is 0 Å². The van der Waals surface area contributed by atoms with Gasteiger partial charge in [0.25, 0.3) is 0 Å². The van der Waals surface area contributed by atoms with Crippen LogP contribution >= 0.6 is 0 Å². The van der Waals surface area contributed by atoms with Gasteiger partial charge in [0.2, 0.25) is 5.91 Å². The fraction of sp³-hybridized carbons (Fsp3) is 0.889. The van der Waals surface area contributed by atoms with Crippen LogP contribution in [-0.4, -0.2) is 23.0 Å². The second kappa shape index (κ2) is 5.54. The molecule has 0 spiro atoms. The molecule has 22 heavy (non-hydrogen) atoms. The summed E-state index contributed by atoms with van der Waals surface area (Å²) in [5.74, 6) is 1.59. The topological polar surface area (TPSA) is 66.4 Å². The molecule has 5 aliphatic carbocycles. The van der Waals surface area contributed by atoms with Gasteiger partial charge in [0.15, 0.2) is 0 Å². The highest BCUT2D eigenvalue weighted by Gasteiger charge is 2.49. The summed E-state index contributed by atoms with van der Waals surface area (Å²) in [6, 6.07) is 0.330. The third-order valence-electron chi connectivity index (χ3n) is 6.96. The fourth-order valence-corrected chi connectivity index (χ4v) is 6.17. The maximum atomic E-state index is 12.7. The molecule has 4 heteroatoms. The number of amides is 1. The van der Waals surface area contributed by atoms with Crippen LogP contribution in [0.5, 0.6) is 0 Å². The smallest absolute Gasteiger partial charge is 0.307 e. The van der Waals surface area contributed by atoms with Crippen LogP contribution in [0.1, 0.15) is 57.8 Å². The number of hydrogen-bond donors (Lipinski definition) is 2. The minimum atomic E-state index is -0.787. The lowest BCUT2D eigenvalue weighted by molar-refractivity contribution is -0.149. The number of carbonyl (C=O) groups is 2. The van der Waals surface area contributed by atoms with Gasteiger partial charge in [0.1, 0.15) is 0 Å². The van der Waals surface area contributed by atoms with E-state index >= 15 is 0 Å². The molecule has 122 valence electrons. The maximum absolute atomic E-state index is 12.7. The Morgan fingerprint density at radius 3 is 1.91 bits per heavy atom. The van der Waals surface area contributed by atoms with Crippen molar-refractivity contribution >= 4 is 11.9 Å². The molecule has 0 aromatic rings. The van der Waals surface area contributed by atoms with Gasteiger partial charge in [-0.05, 0) is 68.6 Å². The lowest BCUT2D eigenvalue weighted by Gasteiger charge is -2.54. The average molecular weight is 305 g/mol. The van der Waals surface area contributed by atoms with Crippen molar-refractivity contribution in [3.63, 3.8) is 0 Å². The SMILES string of the molecule is O=C(NC1C2CC3CC(C2)CC1C3)[C@H]1CCCC[C@H]1C(=O)O. The van der Waals surface area contributed by atoms with Crippen LogP contribution < -0.4 is 5.32 Å². The summed E-state index contributed by atoms with van der Waals surface area (Å²) in [5.41, 5.74) is 0. The fourth-order valence-electron chi connectivity index (χ4n) is 6.17. The third kappa shape index (κ3) is 2.44. The Hall–Kier alpha value is -1.06. The van der Waals surface area contributed by atoms with Gasteiger partial charge in [0, 0.05) is 6.04 Å². The van der Waals surface area contributed by atoms with Crippen LogP contribution in [0, 0.1) is 35.5 Å². The van der Waals surface area contributed by atoms with Crippen LogP contribution in [0.4, 0.5) is 0 Å². The van der Waals surface area contributed by atoms with Crippen LogP contribution in [0.25, 0.3) is 0 Å². The molecule has 5 rings (SSSR count). The van der Waals surface area contributed by atoms with Crippen molar-refractivity contribution in [2.45, 2.75) is 63.8 Å². The van der Waals surface area contributed by atoms with E-state index in [9.17, 15) is 14.7 Å². The molecule has 0 aromatic heterocycles. The molecule has 0 radical (unpaired) electrons. The van der Waals surface area contributed by atoms with Crippen molar-refractivity contribution < 1.29 is 14.7 Å².